The molecule has 0 radical (unpaired) electrons. The van der Waals surface area contributed by atoms with Crippen molar-refractivity contribution in [2.45, 2.75) is 45.8 Å². The monoisotopic (exact) mass is 544 g/mol. The molecule has 1 aliphatic rings. The fourth-order valence-electron chi connectivity index (χ4n) is 5.29. The Bertz CT molecular complexity index is 1250. The van der Waals surface area contributed by atoms with E-state index < -0.39 is 17.7 Å². The predicted octanol–water partition coefficient (Wildman–Crippen LogP) is 5.55. The van der Waals surface area contributed by atoms with E-state index in [1.807, 2.05) is 26.0 Å². The third kappa shape index (κ3) is 4.95. The van der Waals surface area contributed by atoms with Crippen LogP contribution in [0.2, 0.25) is 0 Å². The van der Waals surface area contributed by atoms with Gasteiger partial charge in [-0.05, 0) is 44.9 Å². The number of hydrogen-bond donors (Lipinski definition) is 0. The van der Waals surface area contributed by atoms with E-state index in [0.29, 0.717) is 57.6 Å². The highest BCUT2D eigenvalue weighted by Crippen LogP contribution is 2.58. The van der Waals surface area contributed by atoms with Crippen molar-refractivity contribution < 1.29 is 42.7 Å². The van der Waals surface area contributed by atoms with Crippen LogP contribution in [0.25, 0.3) is 11.1 Å². The molecule has 3 rings (SSSR count). The Kier molecular flexibility index (Phi) is 9.27. The van der Waals surface area contributed by atoms with Gasteiger partial charge < -0.3 is 37.9 Å². The van der Waals surface area contributed by atoms with Crippen LogP contribution in [-0.2, 0) is 20.7 Å². The molecule has 0 unspecified atom stereocenters. The highest BCUT2D eigenvalue weighted by Gasteiger charge is 2.49. The fraction of sp³-hybridized carbons (Fsp3) is 0.500. The molecule has 2 aromatic rings. The van der Waals surface area contributed by atoms with Crippen molar-refractivity contribution in [1.29, 1.82) is 0 Å². The van der Waals surface area contributed by atoms with Crippen molar-refractivity contribution in [3.8, 4) is 45.6 Å². The first-order chi connectivity index (χ1) is 18.6. The largest absolute Gasteiger partial charge is 0.493 e. The molecule has 1 aliphatic carbocycles. The van der Waals surface area contributed by atoms with Crippen molar-refractivity contribution in [2.24, 2.45) is 5.92 Å². The maximum atomic E-state index is 13.2. The maximum Gasteiger partial charge on any atom is 0.334 e. The number of ether oxygens (including phenoxy) is 8. The minimum Gasteiger partial charge on any atom is -0.493 e. The lowest BCUT2D eigenvalue weighted by molar-refractivity contribution is -0.180. The Morgan fingerprint density at radius 3 is 1.79 bits per heavy atom. The molecule has 9 heteroatoms. The van der Waals surface area contributed by atoms with Gasteiger partial charge in [-0.25, -0.2) is 4.79 Å². The van der Waals surface area contributed by atoms with Gasteiger partial charge in [0.1, 0.15) is 11.7 Å². The van der Waals surface area contributed by atoms with E-state index in [1.165, 1.54) is 0 Å². The maximum absolute atomic E-state index is 13.2. The lowest BCUT2D eigenvalue weighted by Gasteiger charge is -2.44. The summed E-state index contributed by atoms with van der Waals surface area (Å²) in [4.78, 5) is 13.2. The van der Waals surface area contributed by atoms with Crippen LogP contribution in [0, 0.1) is 5.92 Å². The van der Waals surface area contributed by atoms with Crippen molar-refractivity contribution in [1.82, 2.24) is 0 Å². The first-order valence-electron chi connectivity index (χ1n) is 12.7. The zero-order chi connectivity index (χ0) is 29.1. The molecule has 2 aromatic carbocycles. The summed E-state index contributed by atoms with van der Waals surface area (Å²) in [5.41, 5.74) is 2.32. The molecule has 0 spiro atoms. The summed E-state index contributed by atoms with van der Waals surface area (Å²) in [6.07, 6.45) is 1.49. The first kappa shape index (κ1) is 30.0. The van der Waals surface area contributed by atoms with Crippen LogP contribution in [0.1, 0.15) is 44.9 Å². The molecule has 0 heterocycles. The average Bonchev–Trinajstić information content (AvgIpc) is 2.94. The molecule has 0 bridgehead atoms. The topological polar surface area (TPSA) is 90.9 Å². The van der Waals surface area contributed by atoms with Gasteiger partial charge >= 0.3 is 5.97 Å². The van der Waals surface area contributed by atoms with Crippen LogP contribution in [-0.4, -0.2) is 61.3 Å². The van der Waals surface area contributed by atoms with E-state index in [-0.39, 0.29) is 5.92 Å². The van der Waals surface area contributed by atoms with Gasteiger partial charge in [0, 0.05) is 35.3 Å². The molecular formula is C30H40O9. The highest BCUT2D eigenvalue weighted by molar-refractivity contribution is 5.90. The molecule has 0 N–H and O–H groups in total. The van der Waals surface area contributed by atoms with Gasteiger partial charge in [0.25, 0.3) is 0 Å². The van der Waals surface area contributed by atoms with Gasteiger partial charge in [-0.1, -0.05) is 13.0 Å². The summed E-state index contributed by atoms with van der Waals surface area (Å²) in [6, 6.07) is 3.75. The number of fused-ring (bicyclic) bond motifs is 3. The minimum absolute atomic E-state index is 0.218. The highest BCUT2D eigenvalue weighted by atomic mass is 16.6. The molecule has 0 saturated carbocycles. The first-order valence-corrected chi connectivity index (χ1v) is 12.7. The summed E-state index contributed by atoms with van der Waals surface area (Å²) < 4.78 is 47.3. The van der Waals surface area contributed by atoms with E-state index >= 15 is 0 Å². The van der Waals surface area contributed by atoms with Crippen LogP contribution >= 0.6 is 0 Å². The molecule has 0 aromatic heterocycles. The van der Waals surface area contributed by atoms with Crippen LogP contribution in [0.4, 0.5) is 0 Å². The number of hydrogen-bond acceptors (Lipinski definition) is 9. The Balaban J connectivity index is 2.58. The summed E-state index contributed by atoms with van der Waals surface area (Å²) in [6.45, 7) is 7.44. The fourth-order valence-corrected chi connectivity index (χ4v) is 5.29. The number of rotatable bonds is 9. The van der Waals surface area contributed by atoms with Gasteiger partial charge in [0.15, 0.2) is 23.0 Å². The Morgan fingerprint density at radius 1 is 0.821 bits per heavy atom. The second-order valence-electron chi connectivity index (χ2n) is 9.55. The van der Waals surface area contributed by atoms with E-state index in [2.05, 4.69) is 0 Å². The number of methoxy groups -OCH3 is 7. The minimum atomic E-state index is -1.10. The predicted molar refractivity (Wildman–Crippen MR) is 148 cm³/mol. The summed E-state index contributed by atoms with van der Waals surface area (Å²) in [7, 11) is 11.0. The zero-order valence-corrected chi connectivity index (χ0v) is 24.8. The van der Waals surface area contributed by atoms with E-state index in [0.717, 1.165) is 11.1 Å². The SMILES string of the molecule is C/C=C(/C)C(=O)O[C@@]1(C)[C@H](OC)c2cc(OC)c(OC)c(OC)c2-c2c(cc(OC)c(OC)c2OC)C[C@@H]1C. The van der Waals surface area contributed by atoms with Crippen molar-refractivity contribution >= 4 is 5.97 Å². The van der Waals surface area contributed by atoms with Gasteiger partial charge in [-0.3, -0.25) is 0 Å². The van der Waals surface area contributed by atoms with Crippen molar-refractivity contribution in [3.05, 3.63) is 34.9 Å². The number of carbonyl (C=O) groups is 1. The molecular weight excluding hydrogens is 504 g/mol. The smallest absolute Gasteiger partial charge is 0.334 e. The molecule has 0 aliphatic heterocycles. The molecule has 0 amide bonds. The van der Waals surface area contributed by atoms with Crippen LogP contribution in [0.5, 0.6) is 34.5 Å². The Hall–Kier alpha value is -3.59. The second-order valence-corrected chi connectivity index (χ2v) is 9.55. The third-order valence-electron chi connectivity index (χ3n) is 7.63. The van der Waals surface area contributed by atoms with Crippen LogP contribution < -0.4 is 28.4 Å². The molecule has 214 valence electrons. The quantitative estimate of drug-likeness (QED) is 0.297. The number of carbonyl (C=O) groups excluding carboxylic acids is 1. The number of allylic oxidation sites excluding steroid dienone is 1. The lowest BCUT2D eigenvalue weighted by Crippen LogP contribution is -2.47. The number of esters is 1. The van der Waals surface area contributed by atoms with Crippen LogP contribution in [0.3, 0.4) is 0 Å². The average molecular weight is 545 g/mol. The molecule has 9 nitrogen and oxygen atoms in total. The second kappa shape index (κ2) is 12.1. The molecule has 0 fully saturated rings. The summed E-state index contributed by atoms with van der Waals surface area (Å²) in [5.74, 6) is 2.00. The molecule has 0 saturated heterocycles. The normalized spacial score (nSPS) is 20.5. The van der Waals surface area contributed by atoms with Gasteiger partial charge in [-0.2, -0.15) is 0 Å². The van der Waals surface area contributed by atoms with E-state index in [9.17, 15) is 4.79 Å². The van der Waals surface area contributed by atoms with E-state index in [4.69, 9.17) is 37.9 Å². The lowest BCUT2D eigenvalue weighted by atomic mass is 9.72. The van der Waals surface area contributed by atoms with Gasteiger partial charge in [0.2, 0.25) is 11.5 Å². The van der Waals surface area contributed by atoms with Gasteiger partial charge in [-0.15, -0.1) is 0 Å². The molecule has 3 atom stereocenters. The van der Waals surface area contributed by atoms with Crippen molar-refractivity contribution in [3.63, 3.8) is 0 Å². The summed E-state index contributed by atoms with van der Waals surface area (Å²) >= 11 is 0. The molecule has 39 heavy (non-hydrogen) atoms. The Labute approximate surface area is 230 Å². The number of benzene rings is 2. The van der Waals surface area contributed by atoms with E-state index in [1.54, 1.807) is 69.7 Å². The van der Waals surface area contributed by atoms with Gasteiger partial charge in [0.05, 0.1) is 42.7 Å². The van der Waals surface area contributed by atoms with Crippen LogP contribution in [0.15, 0.2) is 23.8 Å². The summed E-state index contributed by atoms with van der Waals surface area (Å²) in [5, 5.41) is 0. The zero-order valence-electron chi connectivity index (χ0n) is 24.8. The standard InChI is InChI=1S/C30H40O9/c1-12-16(2)29(31)39-30(4)17(3)13-18-14-20(32-5)24(34-7)26(36-9)22(18)23-19(28(30)38-11)15-21(33-6)25(35-8)27(23)37-10/h12,14-15,17,28H,13H2,1-11H3/b16-12-/t17-,28+,30+/m0/s1. The Morgan fingerprint density at radius 2 is 1.33 bits per heavy atom. The third-order valence-corrected chi connectivity index (χ3v) is 7.63. The van der Waals surface area contributed by atoms with Crippen molar-refractivity contribution in [2.75, 3.05) is 49.8 Å².